The second kappa shape index (κ2) is 7.09. The molecule has 0 saturated carbocycles. The first kappa shape index (κ1) is 16.0. The summed E-state index contributed by atoms with van der Waals surface area (Å²) in [7, 11) is 3.28. The summed E-state index contributed by atoms with van der Waals surface area (Å²) in [5.41, 5.74) is 0. The summed E-state index contributed by atoms with van der Waals surface area (Å²) < 4.78 is 10.5. The van der Waals surface area contributed by atoms with Crippen LogP contribution in [0.1, 0.15) is 19.3 Å². The van der Waals surface area contributed by atoms with Gasteiger partial charge in [0.15, 0.2) is 0 Å². The van der Waals surface area contributed by atoms with E-state index < -0.39 is 12.0 Å². The highest BCUT2D eigenvalue weighted by Crippen LogP contribution is 2.23. The monoisotopic (exact) mass is 300 g/mol. The number of nitrogens with zero attached hydrogens (tertiary/aromatic N) is 2. The number of urea groups is 1. The maximum atomic E-state index is 12.5. The number of carbonyl (C=O) groups is 2. The lowest BCUT2D eigenvalue weighted by Crippen LogP contribution is -2.48. The number of carbonyl (C=O) groups excluding carboxylic acids is 1. The third-order valence-electron chi connectivity index (χ3n) is 4.33. The minimum absolute atomic E-state index is 0.202. The van der Waals surface area contributed by atoms with Gasteiger partial charge < -0.3 is 24.4 Å². The topological polar surface area (TPSA) is 79.3 Å². The molecular weight excluding hydrogens is 276 g/mol. The first-order valence-electron chi connectivity index (χ1n) is 7.38. The Labute approximate surface area is 124 Å². The predicted molar refractivity (Wildman–Crippen MR) is 75.1 cm³/mol. The molecule has 0 aliphatic carbocycles. The lowest BCUT2D eigenvalue weighted by molar-refractivity contribution is -0.141. The van der Waals surface area contributed by atoms with Crippen LogP contribution in [-0.4, -0.2) is 79.5 Å². The number of hydrogen-bond donors (Lipinski definition) is 1. The van der Waals surface area contributed by atoms with Crippen LogP contribution < -0.4 is 0 Å². The molecule has 0 spiro atoms. The van der Waals surface area contributed by atoms with Gasteiger partial charge in [-0.15, -0.1) is 0 Å². The highest BCUT2D eigenvalue weighted by molar-refractivity contribution is 5.83. The van der Waals surface area contributed by atoms with Gasteiger partial charge in [0.05, 0.1) is 6.10 Å². The van der Waals surface area contributed by atoms with E-state index in [1.165, 1.54) is 4.90 Å². The zero-order chi connectivity index (χ0) is 15.4. The fraction of sp³-hybridized carbons (Fsp3) is 0.857. The number of rotatable bonds is 4. The summed E-state index contributed by atoms with van der Waals surface area (Å²) in [6.45, 7) is 2.45. The lowest BCUT2D eigenvalue weighted by Gasteiger charge is -2.31. The smallest absolute Gasteiger partial charge is 0.326 e. The largest absolute Gasteiger partial charge is 0.480 e. The number of carboxylic acid groups (broad SMARTS) is 1. The SMILES string of the molecule is COC1CC(C(=O)O)N(C(=O)N(C)CC2CCOCC2)C1. The summed E-state index contributed by atoms with van der Waals surface area (Å²) >= 11 is 0. The van der Waals surface area contributed by atoms with Crippen LogP contribution in [0.3, 0.4) is 0 Å². The van der Waals surface area contributed by atoms with Crippen molar-refractivity contribution in [2.24, 2.45) is 5.92 Å². The molecule has 0 aromatic rings. The molecule has 120 valence electrons. The Kier molecular flexibility index (Phi) is 5.41. The molecule has 0 aromatic carbocycles. The second-order valence-electron chi connectivity index (χ2n) is 5.82. The third kappa shape index (κ3) is 3.85. The molecule has 2 unspecified atom stereocenters. The van der Waals surface area contributed by atoms with Crippen LogP contribution in [-0.2, 0) is 14.3 Å². The third-order valence-corrected chi connectivity index (χ3v) is 4.33. The number of amides is 2. The molecule has 2 heterocycles. The maximum Gasteiger partial charge on any atom is 0.326 e. The highest BCUT2D eigenvalue weighted by Gasteiger charge is 2.41. The van der Waals surface area contributed by atoms with Gasteiger partial charge in [-0.3, -0.25) is 0 Å². The van der Waals surface area contributed by atoms with Gasteiger partial charge in [-0.1, -0.05) is 0 Å². The van der Waals surface area contributed by atoms with Gasteiger partial charge in [-0.05, 0) is 18.8 Å². The van der Waals surface area contributed by atoms with Crippen molar-refractivity contribution in [2.45, 2.75) is 31.4 Å². The molecule has 0 aromatic heterocycles. The quantitative estimate of drug-likeness (QED) is 0.824. The Balaban J connectivity index is 1.94. The molecule has 2 fully saturated rings. The van der Waals surface area contributed by atoms with E-state index in [9.17, 15) is 14.7 Å². The molecule has 1 N–H and O–H groups in total. The van der Waals surface area contributed by atoms with E-state index in [1.807, 2.05) is 0 Å². The molecule has 7 heteroatoms. The van der Waals surface area contributed by atoms with E-state index in [0.717, 1.165) is 26.1 Å². The van der Waals surface area contributed by atoms with Gasteiger partial charge in [0.1, 0.15) is 6.04 Å². The molecule has 2 aliphatic rings. The first-order valence-corrected chi connectivity index (χ1v) is 7.38. The van der Waals surface area contributed by atoms with Crippen molar-refractivity contribution in [3.8, 4) is 0 Å². The van der Waals surface area contributed by atoms with Crippen LogP contribution in [0, 0.1) is 5.92 Å². The van der Waals surface area contributed by atoms with Crippen LogP contribution in [0.5, 0.6) is 0 Å². The van der Waals surface area contributed by atoms with E-state index in [4.69, 9.17) is 9.47 Å². The Bertz CT molecular complexity index is 384. The highest BCUT2D eigenvalue weighted by atomic mass is 16.5. The van der Waals surface area contributed by atoms with Gasteiger partial charge in [0.2, 0.25) is 0 Å². The molecule has 2 amide bonds. The molecule has 0 radical (unpaired) electrons. The number of hydrogen-bond acceptors (Lipinski definition) is 4. The normalized spacial score (nSPS) is 26.9. The van der Waals surface area contributed by atoms with Crippen molar-refractivity contribution < 1.29 is 24.2 Å². The molecule has 21 heavy (non-hydrogen) atoms. The molecule has 2 atom stereocenters. The second-order valence-corrected chi connectivity index (χ2v) is 5.82. The zero-order valence-corrected chi connectivity index (χ0v) is 12.7. The Morgan fingerprint density at radius 2 is 2.05 bits per heavy atom. The van der Waals surface area contributed by atoms with Gasteiger partial charge in [-0.2, -0.15) is 0 Å². The molecule has 7 nitrogen and oxygen atoms in total. The standard InChI is InChI=1S/C14H24N2O5/c1-15(8-10-3-5-21-6-4-10)14(19)16-9-11(20-2)7-12(16)13(17)18/h10-12H,3-9H2,1-2H3,(H,17,18). The zero-order valence-electron chi connectivity index (χ0n) is 12.7. The van der Waals surface area contributed by atoms with Crippen LogP contribution in [0.2, 0.25) is 0 Å². The summed E-state index contributed by atoms with van der Waals surface area (Å²) in [4.78, 5) is 26.8. The maximum absolute atomic E-state index is 12.5. The van der Waals surface area contributed by atoms with E-state index in [0.29, 0.717) is 25.4 Å². The Morgan fingerprint density at radius 1 is 1.38 bits per heavy atom. The lowest BCUT2D eigenvalue weighted by atomic mass is 10.00. The van der Waals surface area contributed by atoms with Crippen molar-refractivity contribution in [2.75, 3.05) is 40.5 Å². The van der Waals surface area contributed by atoms with E-state index in [1.54, 1.807) is 19.1 Å². The minimum atomic E-state index is -0.970. The summed E-state index contributed by atoms with van der Waals surface area (Å²) in [5, 5.41) is 9.26. The number of aliphatic carboxylic acids is 1. The van der Waals surface area contributed by atoms with Gasteiger partial charge in [0, 0.05) is 46.9 Å². The van der Waals surface area contributed by atoms with Crippen molar-refractivity contribution in [3.63, 3.8) is 0 Å². The molecule has 2 aliphatic heterocycles. The molecular formula is C14H24N2O5. The number of ether oxygens (including phenoxy) is 2. The van der Waals surface area contributed by atoms with Gasteiger partial charge in [0.25, 0.3) is 0 Å². The number of methoxy groups -OCH3 is 1. The molecule has 2 saturated heterocycles. The van der Waals surface area contributed by atoms with Crippen LogP contribution in [0.4, 0.5) is 4.79 Å². The predicted octanol–water partition coefficient (Wildman–Crippen LogP) is 0.639. The fourth-order valence-corrected chi connectivity index (χ4v) is 3.03. The van der Waals surface area contributed by atoms with E-state index >= 15 is 0 Å². The van der Waals surface area contributed by atoms with Crippen molar-refractivity contribution in [1.29, 1.82) is 0 Å². The van der Waals surface area contributed by atoms with E-state index in [2.05, 4.69) is 0 Å². The van der Waals surface area contributed by atoms with Crippen LogP contribution >= 0.6 is 0 Å². The minimum Gasteiger partial charge on any atom is -0.480 e. The summed E-state index contributed by atoms with van der Waals surface area (Å²) in [5.74, 6) is -0.542. The number of carboxylic acids is 1. The summed E-state index contributed by atoms with van der Waals surface area (Å²) in [6, 6.07) is -1.02. The fourth-order valence-electron chi connectivity index (χ4n) is 3.03. The Hall–Kier alpha value is -1.34. The average Bonchev–Trinajstić information content (AvgIpc) is 2.92. The molecule has 0 bridgehead atoms. The van der Waals surface area contributed by atoms with Crippen molar-refractivity contribution >= 4 is 12.0 Å². The first-order chi connectivity index (χ1) is 10.0. The molecule has 2 rings (SSSR count). The summed E-state index contributed by atoms with van der Waals surface area (Å²) in [6.07, 6.45) is 2.04. The van der Waals surface area contributed by atoms with Gasteiger partial charge >= 0.3 is 12.0 Å². The van der Waals surface area contributed by atoms with Crippen LogP contribution in [0.15, 0.2) is 0 Å². The van der Waals surface area contributed by atoms with Gasteiger partial charge in [-0.25, -0.2) is 9.59 Å². The van der Waals surface area contributed by atoms with Crippen LogP contribution in [0.25, 0.3) is 0 Å². The van der Waals surface area contributed by atoms with Crippen molar-refractivity contribution in [3.05, 3.63) is 0 Å². The van der Waals surface area contributed by atoms with Crippen molar-refractivity contribution in [1.82, 2.24) is 9.80 Å². The van der Waals surface area contributed by atoms with E-state index in [-0.39, 0.29) is 12.1 Å². The Morgan fingerprint density at radius 3 is 2.62 bits per heavy atom. The average molecular weight is 300 g/mol. The number of likely N-dealkylation sites (tertiary alicyclic amines) is 1.